The van der Waals surface area contributed by atoms with Gasteiger partial charge in [0.05, 0.1) is 17.6 Å². The molecule has 0 saturated carbocycles. The van der Waals surface area contributed by atoms with Crippen molar-refractivity contribution in [3.63, 3.8) is 0 Å². The molecule has 0 aliphatic carbocycles. The van der Waals surface area contributed by atoms with E-state index in [0.717, 1.165) is 11.4 Å². The molecule has 2 heterocycles. The number of carbonyl (C=O) groups excluding carboxylic acids is 1. The van der Waals surface area contributed by atoms with E-state index in [1.54, 1.807) is 19.1 Å². The van der Waals surface area contributed by atoms with Crippen LogP contribution in [0.4, 0.5) is 0 Å². The summed E-state index contributed by atoms with van der Waals surface area (Å²) in [4.78, 5) is 11.9. The predicted molar refractivity (Wildman–Crippen MR) is 77.0 cm³/mol. The Labute approximate surface area is 122 Å². The highest BCUT2D eigenvalue weighted by atomic mass is 35.5. The minimum atomic E-state index is -0.244. The van der Waals surface area contributed by atoms with Gasteiger partial charge in [0.2, 0.25) is 0 Å². The molecule has 1 atom stereocenters. The number of alkyl halides is 1. The van der Waals surface area contributed by atoms with E-state index in [4.69, 9.17) is 16.0 Å². The molecule has 0 saturated heterocycles. The molecule has 2 aromatic rings. The number of halogens is 1. The van der Waals surface area contributed by atoms with Crippen LogP contribution in [-0.2, 0) is 6.54 Å². The molecule has 0 aliphatic heterocycles. The second kappa shape index (κ2) is 6.13. The normalized spacial score (nSPS) is 12.4. The first-order chi connectivity index (χ1) is 9.47. The first-order valence-electron chi connectivity index (χ1n) is 6.50. The molecule has 0 spiro atoms. The van der Waals surface area contributed by atoms with Gasteiger partial charge >= 0.3 is 0 Å². The third-order valence-corrected chi connectivity index (χ3v) is 3.17. The smallest absolute Gasteiger partial charge is 0.287 e. The van der Waals surface area contributed by atoms with Crippen LogP contribution in [-0.4, -0.2) is 22.2 Å². The number of aromatic nitrogens is 2. The van der Waals surface area contributed by atoms with Gasteiger partial charge in [-0.05, 0) is 39.0 Å². The van der Waals surface area contributed by atoms with Gasteiger partial charge in [-0.25, -0.2) is 0 Å². The molecule has 20 heavy (non-hydrogen) atoms. The molecule has 0 aliphatic rings. The minimum absolute atomic E-state index is 0.241. The molecule has 0 bridgehead atoms. The monoisotopic (exact) mass is 295 g/mol. The van der Waals surface area contributed by atoms with Crippen molar-refractivity contribution in [1.29, 1.82) is 0 Å². The zero-order chi connectivity index (χ0) is 14.7. The van der Waals surface area contributed by atoms with E-state index in [1.165, 1.54) is 0 Å². The van der Waals surface area contributed by atoms with Crippen LogP contribution in [0.3, 0.4) is 0 Å². The summed E-state index contributed by atoms with van der Waals surface area (Å²) in [6, 6.07) is 5.35. The van der Waals surface area contributed by atoms with Crippen molar-refractivity contribution in [2.75, 3.05) is 6.54 Å². The van der Waals surface area contributed by atoms with Crippen LogP contribution in [0.5, 0.6) is 0 Å². The van der Waals surface area contributed by atoms with E-state index in [9.17, 15) is 4.79 Å². The summed E-state index contributed by atoms with van der Waals surface area (Å²) >= 11 is 5.89. The largest absolute Gasteiger partial charge is 0.454 e. The molecule has 6 heteroatoms. The zero-order valence-corrected chi connectivity index (χ0v) is 12.6. The molecular formula is C14H18ClN3O2. The number of nitrogens with one attached hydrogen (secondary N) is 1. The Morgan fingerprint density at radius 2 is 2.25 bits per heavy atom. The number of rotatable bonds is 5. The molecule has 1 amide bonds. The maximum Gasteiger partial charge on any atom is 0.287 e. The average Bonchev–Trinajstić information content (AvgIpc) is 2.97. The highest BCUT2D eigenvalue weighted by Crippen LogP contribution is 2.21. The van der Waals surface area contributed by atoms with E-state index in [-0.39, 0.29) is 17.0 Å². The number of furan rings is 1. The van der Waals surface area contributed by atoms with Crippen LogP contribution in [0, 0.1) is 13.8 Å². The van der Waals surface area contributed by atoms with Crippen LogP contribution in [0.2, 0.25) is 0 Å². The lowest BCUT2D eigenvalue weighted by Gasteiger charge is -2.05. The molecular weight excluding hydrogens is 278 g/mol. The molecule has 2 rings (SSSR count). The SMILES string of the molecule is Cc1cc(C)n(CCNC(=O)c2ccc(C(C)Cl)o2)n1. The summed E-state index contributed by atoms with van der Waals surface area (Å²) in [5.74, 6) is 0.631. The molecule has 1 unspecified atom stereocenters. The van der Waals surface area contributed by atoms with Gasteiger partial charge in [0.15, 0.2) is 5.76 Å². The molecule has 0 fully saturated rings. The molecule has 2 aromatic heterocycles. The Bertz CT molecular complexity index is 601. The van der Waals surface area contributed by atoms with E-state index in [2.05, 4.69) is 10.4 Å². The van der Waals surface area contributed by atoms with Crippen molar-refractivity contribution in [2.45, 2.75) is 32.7 Å². The lowest BCUT2D eigenvalue weighted by atomic mass is 10.3. The van der Waals surface area contributed by atoms with Crippen molar-refractivity contribution in [3.8, 4) is 0 Å². The van der Waals surface area contributed by atoms with Gasteiger partial charge in [0, 0.05) is 12.2 Å². The lowest BCUT2D eigenvalue weighted by Crippen LogP contribution is -2.27. The summed E-state index contributed by atoms with van der Waals surface area (Å²) in [6.45, 7) is 6.85. The van der Waals surface area contributed by atoms with Gasteiger partial charge in [-0.3, -0.25) is 9.48 Å². The second-order valence-electron chi connectivity index (χ2n) is 4.72. The van der Waals surface area contributed by atoms with Crippen molar-refractivity contribution in [2.24, 2.45) is 0 Å². The number of carbonyl (C=O) groups is 1. The van der Waals surface area contributed by atoms with Crippen LogP contribution >= 0.6 is 11.6 Å². The van der Waals surface area contributed by atoms with Gasteiger partial charge in [0.1, 0.15) is 5.76 Å². The third-order valence-electron chi connectivity index (χ3n) is 2.96. The molecule has 5 nitrogen and oxygen atoms in total. The van der Waals surface area contributed by atoms with Crippen LogP contribution in [0.1, 0.15) is 40.0 Å². The van der Waals surface area contributed by atoms with E-state index in [0.29, 0.717) is 18.8 Å². The van der Waals surface area contributed by atoms with Crippen molar-refractivity contribution < 1.29 is 9.21 Å². The zero-order valence-electron chi connectivity index (χ0n) is 11.8. The number of hydrogen-bond acceptors (Lipinski definition) is 3. The Hall–Kier alpha value is -1.75. The highest BCUT2D eigenvalue weighted by Gasteiger charge is 2.13. The first-order valence-corrected chi connectivity index (χ1v) is 6.94. The topological polar surface area (TPSA) is 60.1 Å². The maximum atomic E-state index is 11.9. The molecule has 108 valence electrons. The van der Waals surface area contributed by atoms with Crippen molar-refractivity contribution >= 4 is 17.5 Å². The summed E-state index contributed by atoms with van der Waals surface area (Å²) in [7, 11) is 0. The number of aryl methyl sites for hydroxylation is 2. The summed E-state index contributed by atoms with van der Waals surface area (Å²) < 4.78 is 7.24. The quantitative estimate of drug-likeness (QED) is 0.863. The molecule has 0 radical (unpaired) electrons. The Kier molecular flexibility index (Phi) is 4.49. The Morgan fingerprint density at radius 3 is 2.80 bits per heavy atom. The van der Waals surface area contributed by atoms with Gasteiger partial charge in [-0.2, -0.15) is 5.10 Å². The first kappa shape index (κ1) is 14.7. The van der Waals surface area contributed by atoms with E-state index >= 15 is 0 Å². The lowest BCUT2D eigenvalue weighted by molar-refractivity contribution is 0.0922. The predicted octanol–water partition coefficient (Wildman–Crippen LogP) is 2.82. The van der Waals surface area contributed by atoms with E-state index < -0.39 is 0 Å². The van der Waals surface area contributed by atoms with Gasteiger partial charge < -0.3 is 9.73 Å². The fourth-order valence-electron chi connectivity index (χ4n) is 1.95. The summed E-state index contributed by atoms with van der Waals surface area (Å²) in [5, 5.41) is 6.89. The standard InChI is InChI=1S/C14H18ClN3O2/c1-9-8-10(2)18(17-9)7-6-16-14(19)13-5-4-12(20-13)11(3)15/h4-5,8,11H,6-7H2,1-3H3,(H,16,19). The minimum Gasteiger partial charge on any atom is -0.454 e. The van der Waals surface area contributed by atoms with Crippen LogP contribution in [0.15, 0.2) is 22.6 Å². The third kappa shape index (κ3) is 3.42. The second-order valence-corrected chi connectivity index (χ2v) is 5.38. The maximum absolute atomic E-state index is 11.9. The number of amides is 1. The summed E-state index contributed by atoms with van der Waals surface area (Å²) in [5.41, 5.74) is 2.05. The molecule has 0 aromatic carbocycles. The Balaban J connectivity index is 1.87. The van der Waals surface area contributed by atoms with Gasteiger partial charge in [-0.1, -0.05) is 0 Å². The van der Waals surface area contributed by atoms with Gasteiger partial charge in [0.25, 0.3) is 5.91 Å². The molecule has 1 N–H and O–H groups in total. The average molecular weight is 296 g/mol. The van der Waals surface area contributed by atoms with Crippen LogP contribution in [0.25, 0.3) is 0 Å². The van der Waals surface area contributed by atoms with Crippen LogP contribution < -0.4 is 5.32 Å². The number of hydrogen-bond donors (Lipinski definition) is 1. The van der Waals surface area contributed by atoms with Crippen molar-refractivity contribution in [3.05, 3.63) is 41.1 Å². The van der Waals surface area contributed by atoms with Crippen molar-refractivity contribution in [1.82, 2.24) is 15.1 Å². The summed E-state index contributed by atoms with van der Waals surface area (Å²) in [6.07, 6.45) is 0. The number of nitrogens with zero attached hydrogens (tertiary/aromatic N) is 2. The Morgan fingerprint density at radius 1 is 1.50 bits per heavy atom. The fraction of sp³-hybridized carbons (Fsp3) is 0.429. The highest BCUT2D eigenvalue weighted by molar-refractivity contribution is 6.20. The van der Waals surface area contributed by atoms with E-state index in [1.807, 2.05) is 24.6 Å². The van der Waals surface area contributed by atoms with Gasteiger partial charge in [-0.15, -0.1) is 11.6 Å². The fourth-order valence-corrected chi connectivity index (χ4v) is 2.07.